The Morgan fingerprint density at radius 3 is 2.81 bits per heavy atom. The largest absolute Gasteiger partial charge is 0.496 e. The third-order valence-electron chi connectivity index (χ3n) is 4.18. The maximum Gasteiger partial charge on any atom is 0.262 e. The van der Waals surface area contributed by atoms with E-state index in [1.54, 1.807) is 25.3 Å². The van der Waals surface area contributed by atoms with Crippen LogP contribution in [0.4, 0.5) is 5.69 Å². The molecule has 3 rings (SSSR count). The maximum atomic E-state index is 12.3. The molecule has 0 bridgehead atoms. The average Bonchev–Trinajstić information content (AvgIpc) is 2.70. The summed E-state index contributed by atoms with van der Waals surface area (Å²) in [6, 6.07) is 12.3. The van der Waals surface area contributed by atoms with Crippen LogP contribution in [0.3, 0.4) is 0 Å². The molecule has 0 spiro atoms. The van der Waals surface area contributed by atoms with Crippen LogP contribution in [0.25, 0.3) is 0 Å². The van der Waals surface area contributed by atoms with Gasteiger partial charge in [-0.15, -0.1) is 0 Å². The molecule has 140 valence electrons. The number of Topliss-reactive ketones (excluding diaryl/α,β-unsaturated/α-hetero) is 1. The van der Waals surface area contributed by atoms with Gasteiger partial charge in [0, 0.05) is 30.5 Å². The minimum atomic E-state index is -0.261. The lowest BCUT2D eigenvalue weighted by Gasteiger charge is -2.18. The van der Waals surface area contributed by atoms with Crippen molar-refractivity contribution >= 4 is 23.3 Å². The van der Waals surface area contributed by atoms with Crippen molar-refractivity contribution in [3.05, 3.63) is 53.6 Å². The Bertz CT molecular complexity index is 878. The van der Waals surface area contributed by atoms with Gasteiger partial charge in [0.15, 0.2) is 12.4 Å². The monoisotopic (exact) mass is 368 g/mol. The van der Waals surface area contributed by atoms with Gasteiger partial charge in [0.05, 0.1) is 12.8 Å². The minimum Gasteiger partial charge on any atom is -0.496 e. The first-order valence-electron chi connectivity index (χ1n) is 8.55. The second-order valence-corrected chi connectivity index (χ2v) is 6.06. The van der Waals surface area contributed by atoms with Gasteiger partial charge in [0.1, 0.15) is 11.5 Å². The lowest BCUT2D eigenvalue weighted by atomic mass is 10.0. The number of ether oxygens (including phenoxy) is 2. The van der Waals surface area contributed by atoms with E-state index in [4.69, 9.17) is 9.47 Å². The van der Waals surface area contributed by atoms with Crippen LogP contribution in [-0.4, -0.2) is 31.3 Å². The van der Waals surface area contributed by atoms with Crippen LogP contribution in [0.1, 0.15) is 28.8 Å². The fourth-order valence-corrected chi connectivity index (χ4v) is 2.76. The molecular weight excluding hydrogens is 348 g/mol. The predicted octanol–water partition coefficient (Wildman–Crippen LogP) is 2.31. The minimum absolute atomic E-state index is 0.0351. The van der Waals surface area contributed by atoms with Crippen molar-refractivity contribution in [3.63, 3.8) is 0 Å². The fourth-order valence-electron chi connectivity index (χ4n) is 2.76. The van der Waals surface area contributed by atoms with Gasteiger partial charge >= 0.3 is 0 Å². The normalized spacial score (nSPS) is 12.4. The molecule has 0 aliphatic carbocycles. The van der Waals surface area contributed by atoms with Gasteiger partial charge in [0.25, 0.3) is 5.91 Å². The summed E-state index contributed by atoms with van der Waals surface area (Å²) in [5, 5.41) is 5.45. The van der Waals surface area contributed by atoms with Crippen LogP contribution >= 0.6 is 0 Å². The number of rotatable bonds is 7. The highest BCUT2D eigenvalue weighted by Gasteiger charge is 2.18. The van der Waals surface area contributed by atoms with Crippen LogP contribution in [0.15, 0.2) is 42.5 Å². The summed E-state index contributed by atoms with van der Waals surface area (Å²) in [4.78, 5) is 35.8. The third kappa shape index (κ3) is 4.63. The molecule has 27 heavy (non-hydrogen) atoms. The zero-order valence-corrected chi connectivity index (χ0v) is 14.9. The molecule has 0 unspecified atom stereocenters. The van der Waals surface area contributed by atoms with Crippen LogP contribution in [0.5, 0.6) is 11.5 Å². The average molecular weight is 368 g/mol. The Labute approximate surface area is 156 Å². The molecule has 1 aliphatic rings. The van der Waals surface area contributed by atoms with Gasteiger partial charge in [0.2, 0.25) is 5.91 Å². The third-order valence-corrected chi connectivity index (χ3v) is 4.18. The van der Waals surface area contributed by atoms with E-state index < -0.39 is 0 Å². The van der Waals surface area contributed by atoms with Crippen LogP contribution in [0.2, 0.25) is 0 Å². The van der Waals surface area contributed by atoms with Gasteiger partial charge in [-0.1, -0.05) is 18.2 Å². The number of hydrogen-bond donors (Lipinski definition) is 2. The van der Waals surface area contributed by atoms with Crippen molar-refractivity contribution < 1.29 is 23.9 Å². The van der Waals surface area contributed by atoms with Gasteiger partial charge in [-0.05, 0) is 24.3 Å². The number of hydrogen-bond acceptors (Lipinski definition) is 5. The highest BCUT2D eigenvalue weighted by atomic mass is 16.5. The molecule has 1 heterocycles. The summed E-state index contributed by atoms with van der Waals surface area (Å²) < 4.78 is 10.5. The second-order valence-electron chi connectivity index (χ2n) is 6.06. The molecule has 0 atom stereocenters. The smallest absolute Gasteiger partial charge is 0.262 e. The number of benzene rings is 2. The highest BCUT2D eigenvalue weighted by Crippen LogP contribution is 2.29. The number of methoxy groups -OCH3 is 1. The van der Waals surface area contributed by atoms with Crippen LogP contribution in [0, 0.1) is 0 Å². The molecule has 0 saturated carbocycles. The van der Waals surface area contributed by atoms with Gasteiger partial charge in [-0.2, -0.15) is 0 Å². The van der Waals surface area contributed by atoms with Gasteiger partial charge in [-0.3, -0.25) is 14.4 Å². The quantitative estimate of drug-likeness (QED) is 0.732. The maximum absolute atomic E-state index is 12.3. The molecule has 1 aliphatic heterocycles. The Morgan fingerprint density at radius 1 is 1.19 bits per heavy atom. The zero-order chi connectivity index (χ0) is 19.2. The Hall–Kier alpha value is -3.35. The molecule has 2 aromatic carbocycles. The summed E-state index contributed by atoms with van der Waals surface area (Å²) in [5.41, 5.74) is 1.76. The van der Waals surface area contributed by atoms with Crippen molar-refractivity contribution in [1.29, 1.82) is 0 Å². The fraction of sp³-hybridized carbons (Fsp3) is 0.250. The Morgan fingerprint density at radius 2 is 2.00 bits per heavy atom. The van der Waals surface area contributed by atoms with Crippen LogP contribution in [-0.2, 0) is 16.1 Å². The molecule has 2 N–H and O–H groups in total. The summed E-state index contributed by atoms with van der Waals surface area (Å²) in [6.45, 7) is 0.298. The summed E-state index contributed by atoms with van der Waals surface area (Å²) in [7, 11) is 1.57. The molecule has 2 amide bonds. The molecule has 7 nitrogen and oxygen atoms in total. The zero-order valence-electron chi connectivity index (χ0n) is 14.9. The molecule has 0 radical (unpaired) electrons. The number of anilines is 1. The van der Waals surface area contributed by atoms with Gasteiger partial charge < -0.3 is 20.1 Å². The molecular formula is C20H20N2O5. The van der Waals surface area contributed by atoms with Crippen molar-refractivity contribution in [2.24, 2.45) is 0 Å². The van der Waals surface area contributed by atoms with E-state index in [1.807, 2.05) is 24.3 Å². The standard InChI is InChI=1S/C20H20N2O5/c1-26-17-5-3-2-4-14(17)11-21-19(24)9-7-16(23)13-6-8-18-15(10-13)22-20(25)12-27-18/h2-6,8,10H,7,9,11-12H2,1H3,(H,21,24)(H,22,25). The number of fused-ring (bicyclic) bond motifs is 1. The molecule has 0 saturated heterocycles. The number of carbonyl (C=O) groups is 3. The highest BCUT2D eigenvalue weighted by molar-refractivity contribution is 6.01. The summed E-state index contributed by atoms with van der Waals surface area (Å²) >= 11 is 0. The van der Waals surface area contributed by atoms with Crippen molar-refractivity contribution in [2.75, 3.05) is 19.0 Å². The van der Waals surface area contributed by atoms with E-state index in [1.165, 1.54) is 0 Å². The van der Waals surface area contributed by atoms with Crippen molar-refractivity contribution in [1.82, 2.24) is 5.32 Å². The Kier molecular flexibility index (Phi) is 5.71. The summed E-state index contributed by atoms with van der Waals surface area (Å²) in [5.74, 6) is 0.574. The second kappa shape index (κ2) is 8.35. The molecule has 2 aromatic rings. The topological polar surface area (TPSA) is 93.7 Å². The lowest BCUT2D eigenvalue weighted by molar-refractivity contribution is -0.121. The van der Waals surface area contributed by atoms with Crippen molar-refractivity contribution in [3.8, 4) is 11.5 Å². The van der Waals surface area contributed by atoms with E-state index >= 15 is 0 Å². The predicted molar refractivity (Wildman–Crippen MR) is 99.0 cm³/mol. The molecule has 0 fully saturated rings. The molecule has 7 heteroatoms. The SMILES string of the molecule is COc1ccccc1CNC(=O)CCC(=O)c1ccc2c(c1)NC(=O)CO2. The number of ketones is 1. The Balaban J connectivity index is 1.52. The van der Waals surface area contributed by atoms with E-state index in [9.17, 15) is 14.4 Å². The van der Waals surface area contributed by atoms with Gasteiger partial charge in [-0.25, -0.2) is 0 Å². The van der Waals surface area contributed by atoms with Crippen LogP contribution < -0.4 is 20.1 Å². The number of para-hydroxylation sites is 1. The van der Waals surface area contributed by atoms with E-state index in [-0.39, 0.29) is 37.0 Å². The first-order chi connectivity index (χ1) is 13.1. The first-order valence-corrected chi connectivity index (χ1v) is 8.55. The first kappa shape index (κ1) is 18.4. The summed E-state index contributed by atoms with van der Waals surface area (Å²) in [6.07, 6.45) is 0.152. The molecule has 0 aromatic heterocycles. The number of carbonyl (C=O) groups excluding carboxylic acids is 3. The van der Waals surface area contributed by atoms with Crippen molar-refractivity contribution in [2.45, 2.75) is 19.4 Å². The number of amides is 2. The number of nitrogens with one attached hydrogen (secondary N) is 2. The van der Waals surface area contributed by atoms with E-state index in [2.05, 4.69) is 10.6 Å². The van der Waals surface area contributed by atoms with E-state index in [0.29, 0.717) is 29.3 Å². The lowest BCUT2D eigenvalue weighted by Crippen LogP contribution is -2.25. The van der Waals surface area contributed by atoms with E-state index in [0.717, 1.165) is 5.56 Å².